The Labute approximate surface area is 129 Å². The lowest BCUT2D eigenvalue weighted by Gasteiger charge is -2.18. The SMILES string of the molecule is CCCNC(C)c1cc(Br)ccc1SCC(C)CO. The Kier molecular flexibility index (Phi) is 8.07. The minimum absolute atomic E-state index is 0.252. The van der Waals surface area contributed by atoms with Crippen LogP contribution in [0.3, 0.4) is 0 Å². The highest BCUT2D eigenvalue weighted by Gasteiger charge is 2.12. The molecule has 0 saturated heterocycles. The summed E-state index contributed by atoms with van der Waals surface area (Å²) in [6.07, 6.45) is 1.14. The van der Waals surface area contributed by atoms with Crippen LogP contribution >= 0.6 is 27.7 Å². The van der Waals surface area contributed by atoms with Crippen molar-refractivity contribution >= 4 is 27.7 Å². The van der Waals surface area contributed by atoms with Crippen LogP contribution in [0.25, 0.3) is 0 Å². The third-order valence-corrected chi connectivity index (χ3v) is 4.89. The van der Waals surface area contributed by atoms with Gasteiger partial charge in [0.15, 0.2) is 0 Å². The van der Waals surface area contributed by atoms with E-state index in [9.17, 15) is 0 Å². The summed E-state index contributed by atoms with van der Waals surface area (Å²) in [5.41, 5.74) is 1.33. The molecule has 1 aromatic rings. The van der Waals surface area contributed by atoms with Gasteiger partial charge in [-0.2, -0.15) is 0 Å². The molecule has 1 rings (SSSR count). The van der Waals surface area contributed by atoms with Gasteiger partial charge in [0, 0.05) is 27.8 Å². The van der Waals surface area contributed by atoms with Crippen LogP contribution in [0.2, 0.25) is 0 Å². The maximum absolute atomic E-state index is 9.12. The van der Waals surface area contributed by atoms with Crippen LogP contribution < -0.4 is 5.32 Å². The van der Waals surface area contributed by atoms with E-state index in [2.05, 4.69) is 60.2 Å². The number of aliphatic hydroxyl groups is 1. The van der Waals surface area contributed by atoms with E-state index in [-0.39, 0.29) is 6.61 Å². The quantitative estimate of drug-likeness (QED) is 0.691. The van der Waals surface area contributed by atoms with E-state index in [1.165, 1.54) is 10.5 Å². The van der Waals surface area contributed by atoms with E-state index in [0.29, 0.717) is 12.0 Å². The molecule has 0 bridgehead atoms. The molecule has 0 spiro atoms. The van der Waals surface area contributed by atoms with Crippen LogP contribution in [0, 0.1) is 5.92 Å². The lowest BCUT2D eigenvalue weighted by atomic mass is 10.1. The lowest BCUT2D eigenvalue weighted by Crippen LogP contribution is -2.20. The molecular weight excluding hydrogens is 322 g/mol. The highest BCUT2D eigenvalue weighted by molar-refractivity contribution is 9.10. The maximum Gasteiger partial charge on any atom is 0.0464 e. The Morgan fingerprint density at radius 3 is 2.74 bits per heavy atom. The zero-order valence-electron chi connectivity index (χ0n) is 11.9. The highest BCUT2D eigenvalue weighted by Crippen LogP contribution is 2.31. The first kappa shape index (κ1) is 17.0. The van der Waals surface area contributed by atoms with Crippen molar-refractivity contribution in [2.45, 2.75) is 38.1 Å². The van der Waals surface area contributed by atoms with E-state index in [0.717, 1.165) is 23.2 Å². The van der Waals surface area contributed by atoms with Crippen LogP contribution in [-0.2, 0) is 0 Å². The molecule has 4 heteroatoms. The van der Waals surface area contributed by atoms with Gasteiger partial charge in [-0.15, -0.1) is 11.8 Å². The number of rotatable bonds is 8. The van der Waals surface area contributed by atoms with E-state index in [1.54, 1.807) is 0 Å². The van der Waals surface area contributed by atoms with Crippen molar-refractivity contribution in [3.8, 4) is 0 Å². The molecule has 108 valence electrons. The second kappa shape index (κ2) is 9.01. The molecular formula is C15H24BrNOS. The molecule has 19 heavy (non-hydrogen) atoms. The first-order valence-corrected chi connectivity index (χ1v) is 8.62. The van der Waals surface area contributed by atoms with Crippen molar-refractivity contribution in [3.05, 3.63) is 28.2 Å². The number of hydrogen-bond donors (Lipinski definition) is 2. The van der Waals surface area contributed by atoms with Crippen molar-refractivity contribution < 1.29 is 5.11 Å². The number of hydrogen-bond acceptors (Lipinski definition) is 3. The molecule has 0 amide bonds. The van der Waals surface area contributed by atoms with Gasteiger partial charge in [0.25, 0.3) is 0 Å². The van der Waals surface area contributed by atoms with Crippen molar-refractivity contribution in [2.24, 2.45) is 5.92 Å². The average Bonchev–Trinajstić information content (AvgIpc) is 2.42. The van der Waals surface area contributed by atoms with Crippen LogP contribution in [-0.4, -0.2) is 24.0 Å². The zero-order chi connectivity index (χ0) is 14.3. The van der Waals surface area contributed by atoms with E-state index in [1.807, 2.05) is 11.8 Å². The normalized spacial score (nSPS) is 14.4. The average molecular weight is 346 g/mol. The summed E-state index contributed by atoms with van der Waals surface area (Å²) in [5, 5.41) is 12.7. The summed E-state index contributed by atoms with van der Waals surface area (Å²) in [4.78, 5) is 1.31. The Bertz CT molecular complexity index is 386. The molecule has 0 saturated carbocycles. The smallest absolute Gasteiger partial charge is 0.0464 e. The molecule has 2 nitrogen and oxygen atoms in total. The molecule has 0 aliphatic carbocycles. The van der Waals surface area contributed by atoms with Gasteiger partial charge < -0.3 is 10.4 Å². The standard InChI is InChI=1S/C15H24BrNOS/c1-4-7-17-12(3)14-8-13(16)5-6-15(14)19-10-11(2)9-18/h5-6,8,11-12,17-18H,4,7,9-10H2,1-3H3. The predicted molar refractivity (Wildman–Crippen MR) is 87.8 cm³/mol. The summed E-state index contributed by atoms with van der Waals surface area (Å²) in [6.45, 7) is 7.74. The maximum atomic E-state index is 9.12. The second-order valence-electron chi connectivity index (χ2n) is 4.96. The fraction of sp³-hybridized carbons (Fsp3) is 0.600. The first-order chi connectivity index (χ1) is 9.08. The molecule has 0 radical (unpaired) electrons. The third-order valence-electron chi connectivity index (χ3n) is 2.97. The molecule has 0 aliphatic rings. The predicted octanol–water partition coefficient (Wildman–Crippen LogP) is 4.23. The number of aliphatic hydroxyl groups excluding tert-OH is 1. The zero-order valence-corrected chi connectivity index (χ0v) is 14.4. The minimum Gasteiger partial charge on any atom is -0.396 e. The first-order valence-electron chi connectivity index (χ1n) is 6.85. The van der Waals surface area contributed by atoms with Crippen molar-refractivity contribution in [1.82, 2.24) is 5.32 Å². The van der Waals surface area contributed by atoms with Gasteiger partial charge in [-0.1, -0.05) is 29.8 Å². The highest BCUT2D eigenvalue weighted by atomic mass is 79.9. The number of benzene rings is 1. The van der Waals surface area contributed by atoms with Gasteiger partial charge in [-0.3, -0.25) is 0 Å². The van der Waals surface area contributed by atoms with Crippen LogP contribution in [0.1, 0.15) is 38.8 Å². The number of nitrogens with one attached hydrogen (secondary N) is 1. The van der Waals surface area contributed by atoms with Gasteiger partial charge in [0.1, 0.15) is 0 Å². The minimum atomic E-state index is 0.252. The van der Waals surface area contributed by atoms with E-state index < -0.39 is 0 Å². The summed E-state index contributed by atoms with van der Waals surface area (Å²) in [7, 11) is 0. The molecule has 2 atom stereocenters. The Hall–Kier alpha value is -0.0300. The molecule has 2 N–H and O–H groups in total. The largest absolute Gasteiger partial charge is 0.396 e. The molecule has 0 fully saturated rings. The number of halogens is 1. The fourth-order valence-corrected chi connectivity index (χ4v) is 3.26. The molecule has 0 aromatic heterocycles. The summed E-state index contributed by atoms with van der Waals surface area (Å²) < 4.78 is 1.12. The lowest BCUT2D eigenvalue weighted by molar-refractivity contribution is 0.250. The third kappa shape index (κ3) is 5.86. The van der Waals surface area contributed by atoms with Crippen molar-refractivity contribution in [3.63, 3.8) is 0 Å². The topological polar surface area (TPSA) is 32.3 Å². The Balaban J connectivity index is 2.78. The summed E-state index contributed by atoms with van der Waals surface area (Å²) in [6, 6.07) is 6.80. The van der Waals surface area contributed by atoms with Gasteiger partial charge in [0.2, 0.25) is 0 Å². The van der Waals surface area contributed by atoms with E-state index in [4.69, 9.17) is 5.11 Å². The molecule has 0 aliphatic heterocycles. The van der Waals surface area contributed by atoms with Gasteiger partial charge in [-0.05, 0) is 49.6 Å². The summed E-state index contributed by atoms with van der Waals surface area (Å²) in [5.74, 6) is 1.28. The van der Waals surface area contributed by atoms with Gasteiger partial charge in [0.05, 0.1) is 0 Å². The Morgan fingerprint density at radius 1 is 1.37 bits per heavy atom. The monoisotopic (exact) mass is 345 g/mol. The molecule has 1 aromatic carbocycles. The molecule has 2 unspecified atom stereocenters. The van der Waals surface area contributed by atoms with Gasteiger partial charge >= 0.3 is 0 Å². The number of thioether (sulfide) groups is 1. The van der Waals surface area contributed by atoms with Gasteiger partial charge in [-0.25, -0.2) is 0 Å². The van der Waals surface area contributed by atoms with Crippen molar-refractivity contribution in [2.75, 3.05) is 18.9 Å². The Morgan fingerprint density at radius 2 is 2.11 bits per heavy atom. The van der Waals surface area contributed by atoms with Crippen LogP contribution in [0.4, 0.5) is 0 Å². The fourth-order valence-electron chi connectivity index (χ4n) is 1.74. The summed E-state index contributed by atoms with van der Waals surface area (Å²) >= 11 is 5.38. The van der Waals surface area contributed by atoms with Crippen LogP contribution in [0.15, 0.2) is 27.6 Å². The van der Waals surface area contributed by atoms with Crippen LogP contribution in [0.5, 0.6) is 0 Å². The van der Waals surface area contributed by atoms with Crippen molar-refractivity contribution in [1.29, 1.82) is 0 Å². The second-order valence-corrected chi connectivity index (χ2v) is 6.93. The van der Waals surface area contributed by atoms with E-state index >= 15 is 0 Å². The molecule has 0 heterocycles.